The lowest BCUT2D eigenvalue weighted by atomic mass is 10.1. The molecule has 1 atom stereocenters. The van der Waals surface area contributed by atoms with E-state index in [1.807, 2.05) is 16.7 Å². The number of carbonyl (C=O) groups excluding carboxylic acids is 1. The maximum Gasteiger partial charge on any atom is 0.243 e. The average Bonchev–Trinajstić information content (AvgIpc) is 3.23. The Morgan fingerprint density at radius 3 is 2.92 bits per heavy atom. The van der Waals surface area contributed by atoms with E-state index >= 15 is 0 Å². The highest BCUT2D eigenvalue weighted by Gasteiger charge is 2.33. The van der Waals surface area contributed by atoms with Crippen molar-refractivity contribution < 1.29 is 4.79 Å². The molecule has 1 amide bonds. The van der Waals surface area contributed by atoms with Crippen molar-refractivity contribution in [2.45, 2.75) is 25.4 Å². The Morgan fingerprint density at radius 1 is 1.27 bits per heavy atom. The fourth-order valence-electron chi connectivity index (χ4n) is 3.13. The molecule has 0 aliphatic carbocycles. The van der Waals surface area contributed by atoms with E-state index in [1.165, 1.54) is 0 Å². The van der Waals surface area contributed by atoms with Crippen LogP contribution in [-0.4, -0.2) is 25.7 Å². The molecule has 6 nitrogen and oxygen atoms in total. The third-order valence-corrected chi connectivity index (χ3v) is 4.93. The second-order valence-electron chi connectivity index (χ2n) is 6.07. The maximum absolute atomic E-state index is 12.7. The molecule has 8 heteroatoms. The summed E-state index contributed by atoms with van der Waals surface area (Å²) in [6.45, 7) is 0.428. The molecule has 3 heterocycles. The van der Waals surface area contributed by atoms with E-state index in [-0.39, 0.29) is 11.9 Å². The van der Waals surface area contributed by atoms with E-state index in [0.29, 0.717) is 40.8 Å². The molecule has 0 fully saturated rings. The number of pyridine rings is 1. The Morgan fingerprint density at radius 2 is 2.15 bits per heavy atom. The number of benzene rings is 1. The van der Waals surface area contributed by atoms with E-state index in [4.69, 9.17) is 23.2 Å². The quantitative estimate of drug-likeness (QED) is 0.743. The first-order chi connectivity index (χ1) is 12.6. The van der Waals surface area contributed by atoms with Gasteiger partial charge in [0.1, 0.15) is 11.9 Å². The van der Waals surface area contributed by atoms with E-state index in [9.17, 15) is 4.79 Å². The molecule has 26 heavy (non-hydrogen) atoms. The maximum atomic E-state index is 12.7. The lowest BCUT2D eigenvalue weighted by Gasteiger charge is -2.16. The summed E-state index contributed by atoms with van der Waals surface area (Å²) < 4.78 is 1.87. The first-order valence-corrected chi connectivity index (χ1v) is 8.95. The topological polar surface area (TPSA) is 72.7 Å². The van der Waals surface area contributed by atoms with Gasteiger partial charge in [-0.05, 0) is 36.2 Å². The van der Waals surface area contributed by atoms with Crippen LogP contribution in [0.2, 0.25) is 10.0 Å². The number of amides is 1. The largest absolute Gasteiger partial charge is 0.350 e. The van der Waals surface area contributed by atoms with Gasteiger partial charge in [-0.15, -0.1) is 10.2 Å². The van der Waals surface area contributed by atoms with Crippen LogP contribution in [0.15, 0.2) is 42.7 Å². The average molecular weight is 388 g/mol. The zero-order valence-electron chi connectivity index (χ0n) is 13.7. The molecule has 1 N–H and O–H groups in total. The first kappa shape index (κ1) is 17.0. The van der Waals surface area contributed by atoms with E-state index < -0.39 is 0 Å². The summed E-state index contributed by atoms with van der Waals surface area (Å²) in [4.78, 5) is 16.8. The van der Waals surface area contributed by atoms with Crippen LogP contribution >= 0.6 is 23.2 Å². The van der Waals surface area contributed by atoms with Gasteiger partial charge in [0, 0.05) is 35.9 Å². The van der Waals surface area contributed by atoms with Gasteiger partial charge in [0.25, 0.3) is 0 Å². The lowest BCUT2D eigenvalue weighted by molar-refractivity contribution is -0.124. The molecule has 4 rings (SSSR count). The van der Waals surface area contributed by atoms with E-state index in [1.54, 1.807) is 30.6 Å². The minimum Gasteiger partial charge on any atom is -0.350 e. The molecule has 0 saturated heterocycles. The van der Waals surface area contributed by atoms with Crippen molar-refractivity contribution in [3.05, 3.63) is 64.2 Å². The fraction of sp³-hybridized carbons (Fsp3) is 0.222. The predicted octanol–water partition coefficient (Wildman–Crippen LogP) is 3.45. The van der Waals surface area contributed by atoms with Gasteiger partial charge in [-0.1, -0.05) is 29.3 Å². The van der Waals surface area contributed by atoms with Crippen LogP contribution in [0.3, 0.4) is 0 Å². The van der Waals surface area contributed by atoms with Crippen molar-refractivity contribution in [1.29, 1.82) is 0 Å². The number of hydrogen-bond donors (Lipinski definition) is 1. The minimum atomic E-state index is -0.363. The molecule has 0 saturated carbocycles. The summed E-state index contributed by atoms with van der Waals surface area (Å²) in [5.41, 5.74) is 1.66. The fourth-order valence-corrected chi connectivity index (χ4v) is 3.62. The molecular formula is C18H15Cl2N5O. The van der Waals surface area contributed by atoms with E-state index in [0.717, 1.165) is 11.4 Å². The summed E-state index contributed by atoms with van der Waals surface area (Å²) in [6, 6.07) is 8.60. The number of fused-ring (bicyclic) bond motifs is 1. The van der Waals surface area contributed by atoms with Crippen LogP contribution in [0.1, 0.15) is 23.9 Å². The lowest BCUT2D eigenvalue weighted by Crippen LogP contribution is -2.31. The highest BCUT2D eigenvalue weighted by Crippen LogP contribution is 2.35. The van der Waals surface area contributed by atoms with Crippen LogP contribution in [0, 0.1) is 0 Å². The van der Waals surface area contributed by atoms with Crippen LogP contribution in [0.4, 0.5) is 0 Å². The van der Waals surface area contributed by atoms with Gasteiger partial charge >= 0.3 is 0 Å². The normalized spacial score (nSPS) is 15.7. The number of rotatable bonds is 4. The third kappa shape index (κ3) is 3.18. The zero-order chi connectivity index (χ0) is 18.1. The number of aryl methyl sites for hydroxylation is 1. The van der Waals surface area contributed by atoms with Crippen molar-refractivity contribution in [1.82, 2.24) is 25.1 Å². The smallest absolute Gasteiger partial charge is 0.243 e. The Labute approximate surface area is 160 Å². The molecule has 1 aliphatic rings. The summed E-state index contributed by atoms with van der Waals surface area (Å²) in [5, 5.41) is 12.5. The van der Waals surface area contributed by atoms with Gasteiger partial charge in [-0.2, -0.15) is 0 Å². The second-order valence-corrected chi connectivity index (χ2v) is 6.91. The number of nitrogens with zero attached hydrogens (tertiary/aromatic N) is 4. The molecule has 0 spiro atoms. The SMILES string of the molecule is O=C(NCc1cccnc1)C1CCc2nnc(-c3ccc(Cl)cc3Cl)n21. The molecular weight excluding hydrogens is 373 g/mol. The molecule has 132 valence electrons. The van der Waals surface area contributed by atoms with E-state index in [2.05, 4.69) is 20.5 Å². The number of aromatic nitrogens is 4. The molecule has 0 bridgehead atoms. The number of carbonyl (C=O) groups is 1. The molecule has 1 unspecified atom stereocenters. The summed E-state index contributed by atoms with van der Waals surface area (Å²) in [5.74, 6) is 1.30. The van der Waals surface area contributed by atoms with Gasteiger partial charge < -0.3 is 5.32 Å². The minimum absolute atomic E-state index is 0.0706. The van der Waals surface area contributed by atoms with Gasteiger partial charge in [0.15, 0.2) is 5.82 Å². The number of halogens is 2. The van der Waals surface area contributed by atoms with Crippen LogP contribution < -0.4 is 5.32 Å². The number of nitrogens with one attached hydrogen (secondary N) is 1. The van der Waals surface area contributed by atoms with Gasteiger partial charge in [0.05, 0.1) is 5.02 Å². The van der Waals surface area contributed by atoms with Crippen molar-refractivity contribution in [3.63, 3.8) is 0 Å². The Balaban J connectivity index is 1.59. The number of hydrogen-bond acceptors (Lipinski definition) is 4. The van der Waals surface area contributed by atoms with Crippen LogP contribution in [0.5, 0.6) is 0 Å². The third-order valence-electron chi connectivity index (χ3n) is 4.38. The van der Waals surface area contributed by atoms with Gasteiger partial charge in [0.2, 0.25) is 5.91 Å². The highest BCUT2D eigenvalue weighted by molar-refractivity contribution is 6.36. The Kier molecular flexibility index (Phi) is 4.61. The second kappa shape index (κ2) is 7.05. The van der Waals surface area contributed by atoms with Crippen molar-refractivity contribution >= 4 is 29.1 Å². The molecule has 1 aliphatic heterocycles. The molecule has 0 radical (unpaired) electrons. The zero-order valence-corrected chi connectivity index (χ0v) is 15.2. The standard InChI is InChI=1S/C18H15Cl2N5O/c19-12-3-4-13(14(20)8-12)17-24-23-16-6-5-15(25(16)17)18(26)22-10-11-2-1-7-21-9-11/h1-4,7-9,15H,5-6,10H2,(H,22,26). The summed E-state index contributed by atoms with van der Waals surface area (Å²) >= 11 is 12.3. The summed E-state index contributed by atoms with van der Waals surface area (Å²) in [6.07, 6.45) is 4.82. The monoisotopic (exact) mass is 387 g/mol. The molecule has 2 aromatic heterocycles. The highest BCUT2D eigenvalue weighted by atomic mass is 35.5. The van der Waals surface area contributed by atoms with Crippen molar-refractivity contribution in [3.8, 4) is 11.4 Å². The van der Waals surface area contributed by atoms with Crippen LogP contribution in [-0.2, 0) is 17.8 Å². The van der Waals surface area contributed by atoms with Crippen LogP contribution in [0.25, 0.3) is 11.4 Å². The summed E-state index contributed by atoms with van der Waals surface area (Å²) in [7, 11) is 0. The van der Waals surface area contributed by atoms with Gasteiger partial charge in [-0.25, -0.2) is 0 Å². The van der Waals surface area contributed by atoms with Gasteiger partial charge in [-0.3, -0.25) is 14.3 Å². The van der Waals surface area contributed by atoms with Crippen molar-refractivity contribution in [2.75, 3.05) is 0 Å². The van der Waals surface area contributed by atoms with Crippen molar-refractivity contribution in [2.24, 2.45) is 0 Å². The molecule has 3 aromatic rings. The predicted molar refractivity (Wildman–Crippen MR) is 98.9 cm³/mol. The Bertz CT molecular complexity index is 957. The first-order valence-electron chi connectivity index (χ1n) is 8.19. The molecule has 1 aromatic carbocycles. The Hall–Kier alpha value is -2.44.